The Labute approximate surface area is 466 Å². The standard InChI is InChI=1S/C50H70N8O16S4/c1-53-36(22-63)73-40-44(72-35(21-62)39(64)50(40,68)69)74-45-48-8-2-13-75-78-49(16-29-15-28(7-9-48)55-47(52)56-29)10-6-25-14-27-17-58(18-30(42(65)66)38(27)57-46(51)54-11-3-12-59)33(20-61)41(49)77-76-24-32-26(19-60)4-5-34(32)71-43(67)31(23-70-45)37(25)48/h2,8,14,18,23,26,28-29,32-37,39-41,44-45,53,59-64,68-69H,3-5,7,9,11-13,15-17,19-22,24H2,1H3,(H,65,66)(H3,51,54,57)(H3,52,55,56)/t26-,28-,29+,32-,33-,34+,35-,36-,37-,39-,40+,41+,44+,45+,48+,49-/m1/s1. The summed E-state index contributed by atoms with van der Waals surface area (Å²) in [5.41, 5.74) is 11.9. The lowest BCUT2D eigenvalue weighted by atomic mass is 9.63. The molecule has 9 bridgehead atoms. The van der Waals surface area contributed by atoms with Gasteiger partial charge in [-0.3, -0.25) is 15.3 Å². The Morgan fingerprint density at radius 1 is 1.14 bits per heavy atom. The SMILES string of the molecule is CN[C@@H](CO)O[C@H]1[C@H](O[C@@H]2OC=C3C(=O)O[C@H]4CC[C@H](CO)[C@H]4CSS[C@H]4[C@@H](CO)N5C=C(C(=O)O)C(NC(N)=NCCCO)=C(C=C6C#C[C@@]47C[C@@H]4C[C@@H](CC[C@@]2(C=CCSS7)[C@H]63)N=C(N)N4)C5)O[C@H](CO)[C@@H](O)C1(O)O. The number of allylic oxidation sites excluding steroid dienone is 1. The summed E-state index contributed by atoms with van der Waals surface area (Å²) in [5.74, 6) is 1.08. The van der Waals surface area contributed by atoms with E-state index in [0.717, 1.165) is 0 Å². The fraction of sp³-hybridized carbons (Fsp3) is 0.680. The van der Waals surface area contributed by atoms with Gasteiger partial charge in [0.2, 0.25) is 12.1 Å². The zero-order chi connectivity index (χ0) is 55.5. The van der Waals surface area contributed by atoms with Gasteiger partial charge in [-0.2, -0.15) is 0 Å². The van der Waals surface area contributed by atoms with Crippen molar-refractivity contribution in [3.8, 4) is 11.8 Å². The van der Waals surface area contributed by atoms with Crippen LogP contribution < -0.4 is 27.4 Å². The first-order valence-corrected chi connectivity index (χ1v) is 30.7. The molecule has 0 aromatic carbocycles. The highest BCUT2D eigenvalue weighted by Gasteiger charge is 2.61. The number of hydrogen-bond donors (Lipinski definition) is 14. The van der Waals surface area contributed by atoms with E-state index in [1.54, 1.807) is 11.0 Å². The van der Waals surface area contributed by atoms with Gasteiger partial charge in [0.1, 0.15) is 29.3 Å². The third-order valence-corrected chi connectivity index (χ3v) is 22.1. The van der Waals surface area contributed by atoms with E-state index in [4.69, 9.17) is 40.1 Å². The number of aliphatic carboxylic acids is 1. The molecule has 1 saturated carbocycles. The first-order chi connectivity index (χ1) is 37.5. The van der Waals surface area contributed by atoms with Gasteiger partial charge in [-0.15, -0.1) is 0 Å². The highest BCUT2D eigenvalue weighted by Crippen LogP contribution is 2.57. The van der Waals surface area contributed by atoms with Crippen LogP contribution in [-0.2, 0) is 33.3 Å². The summed E-state index contributed by atoms with van der Waals surface area (Å²) in [6.07, 6.45) is -0.611. The molecular formula is C50H70N8O16S4. The normalized spacial score (nSPS) is 37.9. The molecule has 0 spiro atoms. The molecule has 0 unspecified atom stereocenters. The molecule has 0 amide bonds. The number of aliphatic hydroxyl groups is 8. The van der Waals surface area contributed by atoms with E-state index in [-0.39, 0.29) is 97.8 Å². The molecule has 28 heteroatoms. The molecule has 24 nitrogen and oxygen atoms in total. The molecule has 1 saturated heterocycles. The third-order valence-electron chi connectivity index (χ3n) is 16.0. The van der Waals surface area contributed by atoms with Crippen LogP contribution in [-0.4, -0.2) is 217 Å². The quantitative estimate of drug-likeness (QED) is 0.0134. The summed E-state index contributed by atoms with van der Waals surface area (Å²) in [5, 5.41) is 107. The summed E-state index contributed by atoms with van der Waals surface area (Å²) >= 11 is 0. The number of carboxylic acid groups (broad SMARTS) is 1. The average molecular weight is 1170 g/mol. The maximum absolute atomic E-state index is 15.6. The van der Waals surface area contributed by atoms with Crippen molar-refractivity contribution < 1.29 is 79.2 Å². The molecule has 78 heavy (non-hydrogen) atoms. The van der Waals surface area contributed by atoms with Crippen LogP contribution in [0.3, 0.4) is 0 Å². The van der Waals surface area contributed by atoms with E-state index in [9.17, 15) is 50.8 Å². The van der Waals surface area contributed by atoms with Crippen molar-refractivity contribution >= 4 is 67.0 Å². The fourth-order valence-electron chi connectivity index (χ4n) is 12.0. The number of carboxylic acids is 1. The van der Waals surface area contributed by atoms with Crippen LogP contribution in [0.1, 0.15) is 44.9 Å². The molecule has 9 rings (SSSR count). The number of nitrogens with one attached hydrogen (secondary N) is 3. The summed E-state index contributed by atoms with van der Waals surface area (Å²) in [6.45, 7) is -2.26. The number of rotatable bonds is 14. The minimum absolute atomic E-state index is 0.0161. The van der Waals surface area contributed by atoms with Crippen molar-refractivity contribution in [3.05, 3.63) is 58.7 Å². The minimum Gasteiger partial charge on any atom is -0.478 e. The minimum atomic E-state index is -3.18. The largest absolute Gasteiger partial charge is 0.478 e. The van der Waals surface area contributed by atoms with E-state index in [0.29, 0.717) is 42.8 Å². The topological polar surface area (TPSA) is 378 Å². The van der Waals surface area contributed by atoms with Gasteiger partial charge in [-0.05, 0) is 69.6 Å². The van der Waals surface area contributed by atoms with E-state index in [1.807, 2.05) is 12.2 Å². The van der Waals surface area contributed by atoms with Crippen molar-refractivity contribution in [2.45, 2.75) is 122 Å². The molecule has 430 valence electrons. The maximum atomic E-state index is 15.6. The molecule has 0 radical (unpaired) electrons. The predicted molar refractivity (Wildman–Crippen MR) is 291 cm³/mol. The van der Waals surface area contributed by atoms with Crippen LogP contribution in [0, 0.1) is 35.0 Å². The third kappa shape index (κ3) is 11.8. The number of hydrogen-bond acceptors (Lipinski definition) is 25. The number of likely N-dealkylation sites (N-methyl/N-ethyl adjacent to an activating group) is 1. The van der Waals surface area contributed by atoms with Gasteiger partial charge in [0.15, 0.2) is 24.3 Å². The van der Waals surface area contributed by atoms with Crippen molar-refractivity contribution in [2.75, 3.05) is 64.7 Å². The lowest BCUT2D eigenvalue weighted by Gasteiger charge is -2.52. The lowest BCUT2D eigenvalue weighted by molar-refractivity contribution is -0.419. The molecule has 16 N–H and O–H groups in total. The van der Waals surface area contributed by atoms with Crippen LogP contribution in [0.25, 0.3) is 0 Å². The number of nitrogens with two attached hydrogens (primary N) is 2. The molecule has 16 atom stereocenters. The molecule has 7 heterocycles. The van der Waals surface area contributed by atoms with Gasteiger partial charge in [0.25, 0.3) is 0 Å². The highest BCUT2D eigenvalue weighted by atomic mass is 33.1. The summed E-state index contributed by atoms with van der Waals surface area (Å²) in [4.78, 5) is 40.3. The Hall–Kier alpha value is -3.74. The van der Waals surface area contributed by atoms with Crippen LogP contribution >= 0.6 is 43.2 Å². The van der Waals surface area contributed by atoms with Crippen LogP contribution in [0.2, 0.25) is 0 Å². The second-order valence-corrected chi connectivity index (χ2v) is 26.0. The number of aliphatic imine (C=N–C) groups is 2. The van der Waals surface area contributed by atoms with Gasteiger partial charge >= 0.3 is 11.9 Å². The van der Waals surface area contributed by atoms with Crippen molar-refractivity contribution in [1.29, 1.82) is 0 Å². The van der Waals surface area contributed by atoms with Gasteiger partial charge in [-0.1, -0.05) is 67.2 Å². The molecule has 2 fully saturated rings. The Morgan fingerprint density at radius 3 is 2.69 bits per heavy atom. The number of carbonyl (C=O) groups is 2. The number of nitrogens with zero attached hydrogens (tertiary/aromatic N) is 3. The van der Waals surface area contributed by atoms with E-state index in [2.05, 4.69) is 32.8 Å². The second kappa shape index (κ2) is 25.2. The second-order valence-electron chi connectivity index (χ2n) is 20.8. The van der Waals surface area contributed by atoms with Crippen molar-refractivity contribution in [2.24, 2.45) is 44.6 Å². The van der Waals surface area contributed by atoms with Crippen molar-refractivity contribution in [1.82, 2.24) is 20.9 Å². The molecule has 0 aromatic heterocycles. The Morgan fingerprint density at radius 2 is 1.96 bits per heavy atom. The van der Waals surface area contributed by atoms with Crippen LogP contribution in [0.4, 0.5) is 0 Å². The average Bonchev–Trinajstić information content (AvgIpc) is 3.89. The first kappa shape index (κ1) is 58.9. The molecule has 2 aliphatic carbocycles. The fourth-order valence-corrected chi connectivity index (χ4v) is 19.0. The smallest absolute Gasteiger partial charge is 0.339 e. The molecular weight excluding hydrogens is 1100 g/mol. The van der Waals surface area contributed by atoms with Crippen LogP contribution in [0.5, 0.6) is 0 Å². The molecule has 0 aromatic rings. The lowest BCUT2D eigenvalue weighted by Crippen LogP contribution is -2.70. The first-order valence-electron chi connectivity index (χ1n) is 26.0. The monoisotopic (exact) mass is 1170 g/mol. The van der Waals surface area contributed by atoms with E-state index < -0.39 is 114 Å². The van der Waals surface area contributed by atoms with E-state index >= 15 is 4.79 Å². The van der Waals surface area contributed by atoms with Gasteiger partial charge < -0.3 is 96.6 Å². The Bertz CT molecular complexity index is 2520. The zero-order valence-corrected chi connectivity index (χ0v) is 46.1. The number of fused-ring (bicyclic) bond motifs is 5. The zero-order valence-electron chi connectivity index (χ0n) is 42.8. The van der Waals surface area contributed by atoms with E-state index in [1.165, 1.54) is 62.7 Å². The van der Waals surface area contributed by atoms with Crippen molar-refractivity contribution in [3.63, 3.8) is 0 Å². The van der Waals surface area contributed by atoms with Gasteiger partial charge in [-0.25, -0.2) is 9.59 Å². The summed E-state index contributed by atoms with van der Waals surface area (Å²) in [7, 11) is 7.48. The Kier molecular flexibility index (Phi) is 19.0. The number of ether oxygens (including phenoxy) is 5. The highest BCUT2D eigenvalue weighted by molar-refractivity contribution is 8.79. The molecule has 9 aliphatic rings. The predicted octanol–water partition coefficient (Wildman–Crippen LogP) is -1.73. The molecule has 7 aliphatic heterocycles. The summed E-state index contributed by atoms with van der Waals surface area (Å²) < 4.78 is 31.2. The number of carbonyl (C=O) groups excluding carboxylic acids is 1. The van der Waals surface area contributed by atoms with Gasteiger partial charge in [0, 0.05) is 67.5 Å². The van der Waals surface area contributed by atoms with Crippen LogP contribution in [0.15, 0.2) is 68.7 Å². The maximum Gasteiger partial charge on any atom is 0.339 e. The summed E-state index contributed by atoms with van der Waals surface area (Å²) in [6, 6.07) is -1.59. The number of guanidine groups is 2. The van der Waals surface area contributed by atoms with Gasteiger partial charge in [0.05, 0.1) is 65.7 Å². The number of aliphatic hydroxyl groups excluding tert-OH is 6. The number of esters is 1. The Balaban J connectivity index is 1.36.